The van der Waals surface area contributed by atoms with Gasteiger partial charge in [0, 0.05) is 6.54 Å². The van der Waals surface area contributed by atoms with Crippen LogP contribution >= 0.6 is 0 Å². The molecular formula is C18H26N2O. The van der Waals surface area contributed by atoms with Gasteiger partial charge in [-0.3, -0.25) is 10.1 Å². The zero-order valence-corrected chi connectivity index (χ0v) is 13.4. The molecule has 1 aromatic carbocycles. The molecule has 3 heteroatoms. The van der Waals surface area contributed by atoms with Crippen LogP contribution in [0.1, 0.15) is 55.5 Å². The summed E-state index contributed by atoms with van der Waals surface area (Å²) < 4.78 is 0. The first-order valence-corrected chi connectivity index (χ1v) is 8.23. The highest BCUT2D eigenvalue weighted by Gasteiger charge is 2.40. The van der Waals surface area contributed by atoms with Crippen LogP contribution in [0.25, 0.3) is 0 Å². The molecule has 3 nitrogen and oxygen atoms in total. The summed E-state index contributed by atoms with van der Waals surface area (Å²) in [5, 5.41) is 3.55. The molecule has 1 saturated heterocycles. The van der Waals surface area contributed by atoms with Crippen molar-refractivity contribution in [3.8, 4) is 0 Å². The van der Waals surface area contributed by atoms with Crippen molar-refractivity contribution in [1.82, 2.24) is 10.2 Å². The van der Waals surface area contributed by atoms with E-state index in [1.807, 2.05) is 0 Å². The molecule has 1 saturated carbocycles. The van der Waals surface area contributed by atoms with Crippen LogP contribution in [-0.2, 0) is 4.79 Å². The molecule has 0 aromatic heterocycles. The fourth-order valence-corrected chi connectivity index (χ4v) is 3.43. The summed E-state index contributed by atoms with van der Waals surface area (Å²) in [6.07, 6.45) is 4.80. The van der Waals surface area contributed by atoms with Crippen molar-refractivity contribution < 1.29 is 4.79 Å². The molecule has 1 aliphatic carbocycles. The zero-order chi connectivity index (χ0) is 15.0. The van der Waals surface area contributed by atoms with Gasteiger partial charge in [0.25, 0.3) is 0 Å². The number of aryl methyl sites for hydroxylation is 2. The number of benzene rings is 1. The Hall–Kier alpha value is -1.35. The molecule has 0 spiro atoms. The van der Waals surface area contributed by atoms with Gasteiger partial charge in [-0.05, 0) is 50.2 Å². The Kier molecular flexibility index (Phi) is 4.03. The van der Waals surface area contributed by atoms with E-state index in [0.717, 1.165) is 13.0 Å². The van der Waals surface area contributed by atoms with Crippen molar-refractivity contribution in [2.24, 2.45) is 5.92 Å². The molecule has 2 aliphatic rings. The van der Waals surface area contributed by atoms with Crippen LogP contribution in [0.3, 0.4) is 0 Å². The molecule has 0 bridgehead atoms. The summed E-state index contributed by atoms with van der Waals surface area (Å²) in [5.74, 6) is 0.995. The molecule has 1 amide bonds. The van der Waals surface area contributed by atoms with E-state index in [2.05, 4.69) is 49.2 Å². The van der Waals surface area contributed by atoms with Gasteiger partial charge in [-0.25, -0.2) is 0 Å². The van der Waals surface area contributed by atoms with E-state index in [9.17, 15) is 4.79 Å². The van der Waals surface area contributed by atoms with Crippen molar-refractivity contribution in [3.63, 3.8) is 0 Å². The number of carbonyl (C=O) groups excluding carboxylic acids is 1. The van der Waals surface area contributed by atoms with E-state index in [1.165, 1.54) is 36.0 Å². The minimum Gasteiger partial charge on any atom is -0.321 e. The molecule has 114 valence electrons. The van der Waals surface area contributed by atoms with Crippen molar-refractivity contribution in [3.05, 3.63) is 34.9 Å². The smallest absolute Gasteiger partial charge is 0.241 e. The predicted molar refractivity (Wildman–Crippen MR) is 84.9 cm³/mol. The number of amides is 1. The lowest BCUT2D eigenvalue weighted by molar-refractivity contribution is -0.131. The van der Waals surface area contributed by atoms with Crippen LogP contribution in [0, 0.1) is 19.8 Å². The molecule has 1 heterocycles. The standard InChI is InChI=1S/C18H26N2O/c1-4-16-18(21)20(11-14-6-5-7-14)17(19-16)15-10-12(2)8-9-13(15)3/h8-10,14,16-17,19H,4-7,11H2,1-3H3. The van der Waals surface area contributed by atoms with Gasteiger partial charge < -0.3 is 4.90 Å². The average molecular weight is 286 g/mol. The average Bonchev–Trinajstić information content (AvgIpc) is 2.73. The normalized spacial score (nSPS) is 26.2. The van der Waals surface area contributed by atoms with Crippen LogP contribution < -0.4 is 5.32 Å². The minimum atomic E-state index is -0.0185. The molecule has 3 rings (SSSR count). The highest BCUT2D eigenvalue weighted by molar-refractivity contribution is 5.84. The third kappa shape index (κ3) is 2.71. The SMILES string of the molecule is CCC1NC(c2cc(C)ccc2C)N(CC2CCC2)C1=O. The number of nitrogens with one attached hydrogen (secondary N) is 1. The van der Waals surface area contributed by atoms with Crippen molar-refractivity contribution in [2.75, 3.05) is 6.54 Å². The summed E-state index contributed by atoms with van der Waals surface area (Å²) in [5.41, 5.74) is 3.79. The monoisotopic (exact) mass is 286 g/mol. The number of hydrogen-bond donors (Lipinski definition) is 1. The summed E-state index contributed by atoms with van der Waals surface area (Å²) in [6.45, 7) is 7.26. The van der Waals surface area contributed by atoms with E-state index in [0.29, 0.717) is 5.92 Å². The minimum absolute atomic E-state index is 0.0185. The largest absolute Gasteiger partial charge is 0.321 e. The van der Waals surface area contributed by atoms with E-state index in [1.54, 1.807) is 0 Å². The second kappa shape index (κ2) is 5.80. The Labute approximate surface area is 127 Å². The van der Waals surface area contributed by atoms with Gasteiger partial charge in [-0.15, -0.1) is 0 Å². The molecule has 2 unspecified atom stereocenters. The molecule has 1 aliphatic heterocycles. The molecule has 1 N–H and O–H groups in total. The lowest BCUT2D eigenvalue weighted by Gasteiger charge is -2.33. The van der Waals surface area contributed by atoms with Crippen LogP contribution in [0.5, 0.6) is 0 Å². The quantitative estimate of drug-likeness (QED) is 0.921. The maximum Gasteiger partial charge on any atom is 0.241 e. The van der Waals surface area contributed by atoms with Gasteiger partial charge >= 0.3 is 0 Å². The van der Waals surface area contributed by atoms with Crippen LogP contribution in [0.4, 0.5) is 0 Å². The number of carbonyl (C=O) groups is 1. The third-order valence-corrected chi connectivity index (χ3v) is 5.07. The Morgan fingerprint density at radius 1 is 1.29 bits per heavy atom. The fourth-order valence-electron chi connectivity index (χ4n) is 3.43. The predicted octanol–water partition coefficient (Wildman–Crippen LogP) is 3.31. The van der Waals surface area contributed by atoms with Gasteiger partial charge in [0.05, 0.1) is 6.04 Å². The molecule has 21 heavy (non-hydrogen) atoms. The summed E-state index contributed by atoms with van der Waals surface area (Å²) in [7, 11) is 0. The van der Waals surface area contributed by atoms with E-state index in [-0.39, 0.29) is 18.1 Å². The molecule has 2 fully saturated rings. The Morgan fingerprint density at radius 2 is 2.05 bits per heavy atom. The van der Waals surface area contributed by atoms with Gasteiger partial charge in [-0.2, -0.15) is 0 Å². The molecular weight excluding hydrogens is 260 g/mol. The lowest BCUT2D eigenvalue weighted by Crippen LogP contribution is -2.37. The van der Waals surface area contributed by atoms with Gasteiger partial charge in [0.15, 0.2) is 0 Å². The maximum absolute atomic E-state index is 12.7. The number of hydrogen-bond acceptors (Lipinski definition) is 2. The topological polar surface area (TPSA) is 32.3 Å². The first kappa shape index (κ1) is 14.6. The summed E-state index contributed by atoms with van der Waals surface area (Å²) in [6, 6.07) is 6.52. The second-order valence-electron chi connectivity index (χ2n) is 6.68. The molecule has 1 aromatic rings. The summed E-state index contributed by atoms with van der Waals surface area (Å²) >= 11 is 0. The van der Waals surface area contributed by atoms with Gasteiger partial charge in [0.1, 0.15) is 6.17 Å². The van der Waals surface area contributed by atoms with Gasteiger partial charge in [-0.1, -0.05) is 37.1 Å². The Morgan fingerprint density at radius 3 is 2.67 bits per heavy atom. The highest BCUT2D eigenvalue weighted by Crippen LogP contribution is 2.34. The number of nitrogens with zero attached hydrogens (tertiary/aromatic N) is 1. The van der Waals surface area contributed by atoms with Gasteiger partial charge in [0.2, 0.25) is 5.91 Å². The van der Waals surface area contributed by atoms with E-state index in [4.69, 9.17) is 0 Å². The highest BCUT2D eigenvalue weighted by atomic mass is 16.2. The number of rotatable bonds is 4. The first-order valence-electron chi connectivity index (χ1n) is 8.23. The van der Waals surface area contributed by atoms with E-state index >= 15 is 0 Å². The van der Waals surface area contributed by atoms with E-state index < -0.39 is 0 Å². The Balaban J connectivity index is 1.89. The first-order chi connectivity index (χ1) is 10.1. The Bertz CT molecular complexity index is 536. The summed E-state index contributed by atoms with van der Waals surface area (Å²) in [4.78, 5) is 14.8. The second-order valence-corrected chi connectivity index (χ2v) is 6.68. The van der Waals surface area contributed by atoms with Crippen molar-refractivity contribution >= 4 is 5.91 Å². The van der Waals surface area contributed by atoms with Crippen LogP contribution in [-0.4, -0.2) is 23.4 Å². The van der Waals surface area contributed by atoms with Crippen molar-refractivity contribution in [1.29, 1.82) is 0 Å². The zero-order valence-electron chi connectivity index (χ0n) is 13.4. The van der Waals surface area contributed by atoms with Crippen LogP contribution in [0.2, 0.25) is 0 Å². The maximum atomic E-state index is 12.7. The molecule has 0 radical (unpaired) electrons. The fraction of sp³-hybridized carbons (Fsp3) is 0.611. The van der Waals surface area contributed by atoms with Crippen molar-refractivity contribution in [2.45, 2.75) is 58.7 Å². The molecule has 2 atom stereocenters. The lowest BCUT2D eigenvalue weighted by atomic mass is 9.85. The third-order valence-electron chi connectivity index (χ3n) is 5.07. The van der Waals surface area contributed by atoms with Crippen LogP contribution in [0.15, 0.2) is 18.2 Å².